The SMILES string of the molecule is CPC(CO)CC(=O)N(C)C. The number of amides is 1. The van der Waals surface area contributed by atoms with Crippen LogP contribution in [-0.4, -0.2) is 48.9 Å². The van der Waals surface area contributed by atoms with Crippen LogP contribution in [0.1, 0.15) is 6.42 Å². The maximum absolute atomic E-state index is 11.1. The van der Waals surface area contributed by atoms with Crippen LogP contribution in [0.5, 0.6) is 0 Å². The standard InChI is InChI=1S/C7H16NO2P/c1-8(2)7(10)4-6(5-9)11-3/h6,9,11H,4-5H2,1-3H3. The molecule has 1 N–H and O–H groups in total. The maximum atomic E-state index is 11.1. The van der Waals surface area contributed by atoms with Crippen LogP contribution >= 0.6 is 8.58 Å². The highest BCUT2D eigenvalue weighted by molar-refractivity contribution is 7.38. The smallest absolute Gasteiger partial charge is 0.222 e. The van der Waals surface area contributed by atoms with Crippen LogP contribution in [0.15, 0.2) is 0 Å². The Balaban J connectivity index is 3.72. The van der Waals surface area contributed by atoms with Crippen LogP contribution in [0.4, 0.5) is 0 Å². The van der Waals surface area contributed by atoms with Gasteiger partial charge in [0.2, 0.25) is 5.91 Å². The van der Waals surface area contributed by atoms with Gasteiger partial charge in [0.1, 0.15) is 0 Å². The normalized spacial score (nSPS) is 13.8. The minimum atomic E-state index is 0.0957. The molecule has 0 aromatic heterocycles. The second-order valence-corrected chi connectivity index (χ2v) is 4.05. The molecule has 0 aliphatic rings. The average Bonchev–Trinajstić information content (AvgIpc) is 1.99. The van der Waals surface area contributed by atoms with E-state index >= 15 is 0 Å². The van der Waals surface area contributed by atoms with Gasteiger partial charge in [-0.15, -0.1) is 8.58 Å². The Morgan fingerprint density at radius 3 is 2.45 bits per heavy atom. The summed E-state index contributed by atoms with van der Waals surface area (Å²) in [5.41, 5.74) is 0.157. The molecule has 0 aliphatic heterocycles. The summed E-state index contributed by atoms with van der Waals surface area (Å²) in [7, 11) is 4.10. The second kappa shape index (κ2) is 5.50. The maximum Gasteiger partial charge on any atom is 0.222 e. The average molecular weight is 177 g/mol. The van der Waals surface area contributed by atoms with E-state index in [1.54, 1.807) is 19.0 Å². The van der Waals surface area contributed by atoms with Gasteiger partial charge < -0.3 is 10.0 Å². The van der Waals surface area contributed by atoms with E-state index in [4.69, 9.17) is 5.11 Å². The van der Waals surface area contributed by atoms with Gasteiger partial charge in [0.05, 0.1) is 6.61 Å². The molecule has 0 heterocycles. The van der Waals surface area contributed by atoms with Gasteiger partial charge in [-0.25, -0.2) is 0 Å². The number of carbonyl (C=O) groups is 1. The fraction of sp³-hybridized carbons (Fsp3) is 0.857. The number of hydrogen-bond acceptors (Lipinski definition) is 2. The second-order valence-electron chi connectivity index (χ2n) is 2.66. The van der Waals surface area contributed by atoms with Crippen molar-refractivity contribution in [3.63, 3.8) is 0 Å². The summed E-state index contributed by atoms with van der Waals surface area (Å²) in [4.78, 5) is 12.6. The molecular formula is C7H16NO2P. The summed E-state index contributed by atoms with van der Waals surface area (Å²) >= 11 is 0. The zero-order valence-electron chi connectivity index (χ0n) is 7.29. The fourth-order valence-corrected chi connectivity index (χ4v) is 1.21. The zero-order valence-corrected chi connectivity index (χ0v) is 8.29. The first-order valence-corrected chi connectivity index (χ1v) is 5.17. The highest BCUT2D eigenvalue weighted by Crippen LogP contribution is 2.17. The molecule has 0 spiro atoms. The number of rotatable bonds is 4. The molecule has 0 saturated carbocycles. The molecule has 11 heavy (non-hydrogen) atoms. The molecule has 1 amide bonds. The van der Waals surface area contributed by atoms with E-state index < -0.39 is 0 Å². The van der Waals surface area contributed by atoms with Gasteiger partial charge in [0, 0.05) is 26.2 Å². The molecule has 2 unspecified atom stereocenters. The molecule has 3 nitrogen and oxygen atoms in total. The van der Waals surface area contributed by atoms with E-state index in [1.807, 2.05) is 6.66 Å². The van der Waals surface area contributed by atoms with Gasteiger partial charge in [0.15, 0.2) is 0 Å². The van der Waals surface area contributed by atoms with Crippen molar-refractivity contribution in [2.75, 3.05) is 27.4 Å². The van der Waals surface area contributed by atoms with Crippen molar-refractivity contribution in [2.45, 2.75) is 12.1 Å². The number of aliphatic hydroxyl groups excluding tert-OH is 1. The topological polar surface area (TPSA) is 40.5 Å². The van der Waals surface area contributed by atoms with E-state index in [9.17, 15) is 4.79 Å². The minimum absolute atomic E-state index is 0.0957. The van der Waals surface area contributed by atoms with Crippen LogP contribution in [0.2, 0.25) is 0 Å². The molecule has 66 valence electrons. The Labute approximate surface area is 69.6 Å². The third kappa shape index (κ3) is 4.33. The van der Waals surface area contributed by atoms with Crippen LogP contribution < -0.4 is 0 Å². The Hall–Kier alpha value is -0.140. The molecule has 2 atom stereocenters. The van der Waals surface area contributed by atoms with E-state index in [-0.39, 0.29) is 18.2 Å². The van der Waals surface area contributed by atoms with Crippen LogP contribution in [0.3, 0.4) is 0 Å². The van der Waals surface area contributed by atoms with Crippen molar-refractivity contribution in [1.82, 2.24) is 4.90 Å². The van der Waals surface area contributed by atoms with Gasteiger partial charge >= 0.3 is 0 Å². The summed E-state index contributed by atoms with van der Waals surface area (Å²) in [5.74, 6) is 0.0957. The molecule has 0 fully saturated rings. The quantitative estimate of drug-likeness (QED) is 0.620. The van der Waals surface area contributed by atoms with Gasteiger partial charge in [-0.05, 0) is 6.66 Å². The lowest BCUT2D eigenvalue weighted by Crippen LogP contribution is -2.26. The molecule has 0 rings (SSSR count). The number of hydrogen-bond donors (Lipinski definition) is 1. The Bertz CT molecular complexity index is 124. The highest BCUT2D eigenvalue weighted by Gasteiger charge is 2.11. The third-order valence-corrected chi connectivity index (χ3v) is 2.75. The first-order chi connectivity index (χ1) is 5.11. The van der Waals surface area contributed by atoms with Gasteiger partial charge in [-0.3, -0.25) is 4.79 Å². The van der Waals surface area contributed by atoms with E-state index in [0.29, 0.717) is 15.0 Å². The predicted octanol–water partition coefficient (Wildman–Crippen LogP) is 0.134. The number of aliphatic hydroxyl groups is 1. The highest BCUT2D eigenvalue weighted by atomic mass is 31.1. The lowest BCUT2D eigenvalue weighted by atomic mass is 10.3. The van der Waals surface area contributed by atoms with E-state index in [1.165, 1.54) is 0 Å². The van der Waals surface area contributed by atoms with Crippen molar-refractivity contribution in [2.24, 2.45) is 0 Å². The molecule has 4 heteroatoms. The molecule has 0 aromatic rings. The molecular weight excluding hydrogens is 161 g/mol. The van der Waals surface area contributed by atoms with E-state index in [2.05, 4.69) is 0 Å². The van der Waals surface area contributed by atoms with Crippen molar-refractivity contribution < 1.29 is 9.90 Å². The predicted molar refractivity (Wildman–Crippen MR) is 48.4 cm³/mol. The summed E-state index contributed by atoms with van der Waals surface area (Å²) in [6.07, 6.45) is 0.471. The largest absolute Gasteiger partial charge is 0.396 e. The first-order valence-electron chi connectivity index (χ1n) is 3.60. The molecule has 0 aromatic carbocycles. The molecule has 0 bridgehead atoms. The zero-order chi connectivity index (χ0) is 8.85. The van der Waals surface area contributed by atoms with Gasteiger partial charge in [0.25, 0.3) is 0 Å². The Kier molecular flexibility index (Phi) is 5.43. The Morgan fingerprint density at radius 1 is 1.64 bits per heavy atom. The lowest BCUT2D eigenvalue weighted by Gasteiger charge is -2.14. The molecule has 0 radical (unpaired) electrons. The van der Waals surface area contributed by atoms with Crippen molar-refractivity contribution in [1.29, 1.82) is 0 Å². The first kappa shape index (κ1) is 10.9. The fourth-order valence-electron chi connectivity index (χ4n) is 0.651. The number of nitrogens with zero attached hydrogens (tertiary/aromatic N) is 1. The summed E-state index contributed by atoms with van der Waals surface area (Å²) < 4.78 is 0. The molecule has 0 saturated heterocycles. The summed E-state index contributed by atoms with van der Waals surface area (Å²) in [5, 5.41) is 8.79. The number of carbonyl (C=O) groups excluding carboxylic acids is 1. The summed E-state index contributed by atoms with van der Waals surface area (Å²) in [6, 6.07) is 0. The summed E-state index contributed by atoms with van der Waals surface area (Å²) in [6.45, 7) is 2.12. The van der Waals surface area contributed by atoms with Crippen LogP contribution in [0.25, 0.3) is 0 Å². The van der Waals surface area contributed by atoms with Crippen molar-refractivity contribution in [3.05, 3.63) is 0 Å². The van der Waals surface area contributed by atoms with Crippen molar-refractivity contribution in [3.8, 4) is 0 Å². The Morgan fingerprint density at radius 2 is 2.18 bits per heavy atom. The van der Waals surface area contributed by atoms with Crippen LogP contribution in [0, 0.1) is 0 Å². The van der Waals surface area contributed by atoms with E-state index in [0.717, 1.165) is 0 Å². The van der Waals surface area contributed by atoms with Gasteiger partial charge in [-0.2, -0.15) is 0 Å². The monoisotopic (exact) mass is 177 g/mol. The molecule has 0 aliphatic carbocycles. The van der Waals surface area contributed by atoms with Crippen molar-refractivity contribution >= 4 is 14.5 Å². The minimum Gasteiger partial charge on any atom is -0.396 e. The van der Waals surface area contributed by atoms with Crippen LogP contribution in [-0.2, 0) is 4.79 Å². The van der Waals surface area contributed by atoms with Gasteiger partial charge in [-0.1, -0.05) is 0 Å². The third-order valence-electron chi connectivity index (χ3n) is 1.55. The lowest BCUT2D eigenvalue weighted by molar-refractivity contribution is -0.128.